The smallest absolute Gasteiger partial charge is 0.239 e. The minimum absolute atomic E-state index is 0.0110. The quantitative estimate of drug-likeness (QED) is 0.795. The topological polar surface area (TPSA) is 52.6 Å². The van der Waals surface area contributed by atoms with Crippen molar-refractivity contribution < 1.29 is 9.90 Å². The number of rotatable bonds is 5. The molecule has 2 aliphatic rings. The molecule has 1 saturated carbocycles. The molecule has 0 aromatic rings. The monoisotopic (exact) mass is 268 g/mol. The van der Waals surface area contributed by atoms with Crippen molar-refractivity contribution in [2.45, 2.75) is 71.1 Å². The van der Waals surface area contributed by atoms with Gasteiger partial charge in [0, 0.05) is 19.1 Å². The predicted molar refractivity (Wildman–Crippen MR) is 75.8 cm³/mol. The summed E-state index contributed by atoms with van der Waals surface area (Å²) in [6, 6.07) is 0.552. The molecular formula is C15H28N2O2. The number of aliphatic hydroxyl groups is 1. The van der Waals surface area contributed by atoms with E-state index in [1.165, 1.54) is 12.8 Å². The molecule has 0 spiro atoms. The minimum Gasteiger partial charge on any atom is -0.391 e. The van der Waals surface area contributed by atoms with Gasteiger partial charge in [-0.15, -0.1) is 0 Å². The molecule has 4 heteroatoms. The van der Waals surface area contributed by atoms with Crippen LogP contribution in [0.5, 0.6) is 0 Å². The van der Waals surface area contributed by atoms with Gasteiger partial charge >= 0.3 is 0 Å². The highest BCUT2D eigenvalue weighted by molar-refractivity contribution is 5.82. The van der Waals surface area contributed by atoms with Crippen molar-refractivity contribution in [3.63, 3.8) is 0 Å². The Bertz CT molecular complexity index is 321. The van der Waals surface area contributed by atoms with Crippen LogP contribution in [0.2, 0.25) is 0 Å². The third-order valence-electron chi connectivity index (χ3n) is 3.82. The van der Waals surface area contributed by atoms with E-state index in [0.29, 0.717) is 12.6 Å². The summed E-state index contributed by atoms with van der Waals surface area (Å²) < 4.78 is 0. The maximum Gasteiger partial charge on any atom is 0.239 e. The first-order valence-electron chi connectivity index (χ1n) is 7.58. The number of piperidine rings is 1. The third kappa shape index (κ3) is 4.77. The van der Waals surface area contributed by atoms with Crippen LogP contribution in [0.4, 0.5) is 0 Å². The van der Waals surface area contributed by atoms with E-state index in [1.807, 2.05) is 4.90 Å². The molecule has 1 amide bonds. The first-order valence-corrected chi connectivity index (χ1v) is 7.58. The number of likely N-dealkylation sites (tertiary alicyclic amines) is 1. The van der Waals surface area contributed by atoms with Gasteiger partial charge in [-0.1, -0.05) is 20.8 Å². The van der Waals surface area contributed by atoms with E-state index in [4.69, 9.17) is 0 Å². The molecule has 2 fully saturated rings. The maximum atomic E-state index is 12.3. The van der Waals surface area contributed by atoms with Crippen LogP contribution >= 0.6 is 0 Å². The summed E-state index contributed by atoms with van der Waals surface area (Å²) in [5.74, 6) is 0.186. The lowest BCUT2D eigenvalue weighted by Gasteiger charge is -2.35. The number of hydrogen-bond donors (Lipinski definition) is 2. The molecule has 0 aromatic heterocycles. The summed E-state index contributed by atoms with van der Waals surface area (Å²) >= 11 is 0. The van der Waals surface area contributed by atoms with Crippen molar-refractivity contribution >= 4 is 5.91 Å². The predicted octanol–water partition coefficient (Wildman–Crippen LogP) is 1.53. The lowest BCUT2D eigenvalue weighted by molar-refractivity contribution is -0.137. The second-order valence-electron chi connectivity index (χ2n) is 7.34. The zero-order valence-electron chi connectivity index (χ0n) is 12.5. The molecule has 2 rings (SSSR count). The molecule has 2 N–H and O–H groups in total. The Balaban J connectivity index is 1.83. The molecule has 1 heterocycles. The van der Waals surface area contributed by atoms with E-state index in [1.54, 1.807) is 0 Å². The number of carbonyl (C=O) groups excluding carboxylic acids is 1. The van der Waals surface area contributed by atoms with Crippen LogP contribution in [0.3, 0.4) is 0 Å². The highest BCUT2D eigenvalue weighted by atomic mass is 16.3. The number of hydrogen-bond acceptors (Lipinski definition) is 3. The van der Waals surface area contributed by atoms with Gasteiger partial charge in [0.15, 0.2) is 0 Å². The number of amides is 1. The van der Waals surface area contributed by atoms with Crippen LogP contribution in [-0.4, -0.2) is 47.2 Å². The van der Waals surface area contributed by atoms with E-state index < -0.39 is 6.10 Å². The summed E-state index contributed by atoms with van der Waals surface area (Å²) in [5.41, 5.74) is 0.101. The van der Waals surface area contributed by atoms with Crippen molar-refractivity contribution in [1.82, 2.24) is 10.2 Å². The first-order chi connectivity index (χ1) is 8.85. The van der Waals surface area contributed by atoms with Gasteiger partial charge in [-0.3, -0.25) is 4.79 Å². The fourth-order valence-electron chi connectivity index (χ4n) is 2.84. The summed E-state index contributed by atoms with van der Waals surface area (Å²) in [7, 11) is 0. The van der Waals surface area contributed by atoms with Crippen LogP contribution in [0, 0.1) is 5.41 Å². The average molecular weight is 268 g/mol. The Labute approximate surface area is 116 Å². The molecule has 2 unspecified atom stereocenters. The molecule has 2 atom stereocenters. The minimum atomic E-state index is -0.413. The number of β-amino-alcohol motifs (C(OH)–C–C–N with tert-alkyl or cyclic N) is 1. The lowest BCUT2D eigenvalue weighted by atomic mass is 9.89. The first kappa shape index (κ1) is 14.8. The lowest BCUT2D eigenvalue weighted by Crippen LogP contribution is -2.53. The normalized spacial score (nSPS) is 26.6. The SMILES string of the molecule is CC(C)(C)CC(O)CN1CCCC(NC2CC2)C1=O. The third-order valence-corrected chi connectivity index (χ3v) is 3.82. The van der Waals surface area contributed by atoms with E-state index in [-0.39, 0.29) is 17.4 Å². The van der Waals surface area contributed by atoms with Gasteiger partial charge in [-0.25, -0.2) is 0 Å². The van der Waals surface area contributed by atoms with E-state index in [0.717, 1.165) is 25.8 Å². The molecule has 4 nitrogen and oxygen atoms in total. The summed E-state index contributed by atoms with van der Waals surface area (Å²) in [4.78, 5) is 14.2. The van der Waals surface area contributed by atoms with Crippen molar-refractivity contribution in [2.75, 3.05) is 13.1 Å². The fraction of sp³-hybridized carbons (Fsp3) is 0.933. The van der Waals surface area contributed by atoms with Crippen LogP contribution < -0.4 is 5.32 Å². The Morgan fingerprint density at radius 3 is 2.63 bits per heavy atom. The molecule has 1 aliphatic carbocycles. The van der Waals surface area contributed by atoms with Gasteiger partial charge in [-0.05, 0) is 37.5 Å². The van der Waals surface area contributed by atoms with Crippen molar-refractivity contribution in [1.29, 1.82) is 0 Å². The largest absolute Gasteiger partial charge is 0.391 e. The van der Waals surface area contributed by atoms with Crippen molar-refractivity contribution in [3.05, 3.63) is 0 Å². The molecule has 19 heavy (non-hydrogen) atoms. The number of nitrogens with one attached hydrogen (secondary N) is 1. The summed E-state index contributed by atoms with van der Waals surface area (Å²) in [5, 5.41) is 13.5. The van der Waals surface area contributed by atoms with Crippen LogP contribution in [0.25, 0.3) is 0 Å². The number of carbonyl (C=O) groups is 1. The molecule has 0 aromatic carbocycles. The zero-order chi connectivity index (χ0) is 14.0. The molecule has 1 aliphatic heterocycles. The summed E-state index contributed by atoms with van der Waals surface area (Å²) in [6.07, 6.45) is 4.72. The van der Waals surface area contributed by atoms with E-state index in [2.05, 4.69) is 26.1 Å². The molecule has 1 saturated heterocycles. The van der Waals surface area contributed by atoms with Crippen LogP contribution in [0.1, 0.15) is 52.9 Å². The Morgan fingerprint density at radius 1 is 1.37 bits per heavy atom. The van der Waals surface area contributed by atoms with E-state index in [9.17, 15) is 9.90 Å². The second kappa shape index (κ2) is 5.80. The molecule has 110 valence electrons. The standard InChI is InChI=1S/C15H28N2O2/c1-15(2,3)9-12(18)10-17-8-4-5-13(14(17)19)16-11-6-7-11/h11-13,16,18H,4-10H2,1-3H3. The Morgan fingerprint density at radius 2 is 2.05 bits per heavy atom. The van der Waals surface area contributed by atoms with Gasteiger partial charge in [0.1, 0.15) is 0 Å². The molecule has 0 radical (unpaired) electrons. The van der Waals surface area contributed by atoms with Gasteiger partial charge < -0.3 is 15.3 Å². The van der Waals surface area contributed by atoms with Gasteiger partial charge in [0.2, 0.25) is 5.91 Å². The van der Waals surface area contributed by atoms with Gasteiger partial charge in [0.25, 0.3) is 0 Å². The second-order valence-corrected chi connectivity index (χ2v) is 7.34. The van der Waals surface area contributed by atoms with Gasteiger partial charge in [0.05, 0.1) is 12.1 Å². The van der Waals surface area contributed by atoms with Crippen molar-refractivity contribution in [3.8, 4) is 0 Å². The van der Waals surface area contributed by atoms with Gasteiger partial charge in [-0.2, -0.15) is 0 Å². The van der Waals surface area contributed by atoms with Crippen molar-refractivity contribution in [2.24, 2.45) is 5.41 Å². The molecular weight excluding hydrogens is 240 g/mol. The number of nitrogens with zero attached hydrogens (tertiary/aromatic N) is 1. The average Bonchev–Trinajstić information content (AvgIpc) is 3.05. The van der Waals surface area contributed by atoms with Crippen LogP contribution in [0.15, 0.2) is 0 Å². The zero-order valence-corrected chi connectivity index (χ0v) is 12.5. The fourth-order valence-corrected chi connectivity index (χ4v) is 2.84. The highest BCUT2D eigenvalue weighted by Gasteiger charge is 2.34. The highest BCUT2D eigenvalue weighted by Crippen LogP contribution is 2.24. The Kier molecular flexibility index (Phi) is 4.51. The maximum absolute atomic E-state index is 12.3. The molecule has 0 bridgehead atoms. The number of aliphatic hydroxyl groups excluding tert-OH is 1. The Hall–Kier alpha value is -0.610. The van der Waals surface area contributed by atoms with Crippen LogP contribution in [-0.2, 0) is 4.79 Å². The van der Waals surface area contributed by atoms with E-state index >= 15 is 0 Å². The summed E-state index contributed by atoms with van der Waals surface area (Å²) in [6.45, 7) is 7.63.